The average Bonchev–Trinajstić information content (AvgIpc) is 2.39. The van der Waals surface area contributed by atoms with Crippen LogP contribution < -0.4 is 10.1 Å². The summed E-state index contributed by atoms with van der Waals surface area (Å²) in [5.41, 5.74) is 3.30. The zero-order valence-electron chi connectivity index (χ0n) is 11.0. The molecule has 2 rings (SSSR count). The van der Waals surface area contributed by atoms with Crippen LogP contribution in [0.3, 0.4) is 0 Å². The van der Waals surface area contributed by atoms with Gasteiger partial charge in [0.05, 0.1) is 19.0 Å². The van der Waals surface area contributed by atoms with E-state index in [0.29, 0.717) is 6.04 Å². The minimum absolute atomic E-state index is 0.374. The van der Waals surface area contributed by atoms with Crippen LogP contribution in [-0.4, -0.2) is 18.1 Å². The van der Waals surface area contributed by atoms with E-state index >= 15 is 0 Å². The number of aromatic nitrogens is 1. The summed E-state index contributed by atoms with van der Waals surface area (Å²) in [6, 6.07) is 10.4. The Morgan fingerprint density at radius 1 is 1.22 bits per heavy atom. The molecule has 0 aliphatic heterocycles. The first kappa shape index (κ1) is 12.4. The van der Waals surface area contributed by atoms with Gasteiger partial charge in [-0.3, -0.25) is 4.98 Å². The molecular weight excluding hydrogens is 224 g/mol. The minimum atomic E-state index is 0.374. The number of nitrogens with one attached hydrogen (secondary N) is 1. The average molecular weight is 242 g/mol. The highest BCUT2D eigenvalue weighted by Gasteiger charge is 2.06. The first-order valence-corrected chi connectivity index (χ1v) is 6.05. The van der Waals surface area contributed by atoms with Crippen LogP contribution in [0.1, 0.15) is 13.8 Å². The molecule has 1 aromatic carbocycles. The van der Waals surface area contributed by atoms with Crippen molar-refractivity contribution in [3.05, 3.63) is 42.7 Å². The first-order chi connectivity index (χ1) is 8.70. The fourth-order valence-corrected chi connectivity index (χ4v) is 1.86. The quantitative estimate of drug-likeness (QED) is 0.889. The number of benzene rings is 1. The summed E-state index contributed by atoms with van der Waals surface area (Å²) in [6.07, 6.45) is 3.66. The second-order valence-corrected chi connectivity index (χ2v) is 4.45. The van der Waals surface area contributed by atoms with Gasteiger partial charge >= 0.3 is 0 Å². The van der Waals surface area contributed by atoms with Crippen LogP contribution in [0.5, 0.6) is 5.75 Å². The first-order valence-electron chi connectivity index (χ1n) is 6.05. The molecule has 0 unspecified atom stereocenters. The molecule has 0 saturated carbocycles. The van der Waals surface area contributed by atoms with Crippen molar-refractivity contribution in [3.8, 4) is 16.9 Å². The van der Waals surface area contributed by atoms with Crippen LogP contribution in [0.2, 0.25) is 0 Å². The molecule has 0 amide bonds. The number of anilines is 1. The summed E-state index contributed by atoms with van der Waals surface area (Å²) in [5.74, 6) is 0.861. The summed E-state index contributed by atoms with van der Waals surface area (Å²) < 4.78 is 5.26. The summed E-state index contributed by atoms with van der Waals surface area (Å²) in [4.78, 5) is 4.17. The fourth-order valence-electron chi connectivity index (χ4n) is 1.86. The van der Waals surface area contributed by atoms with Gasteiger partial charge in [-0.15, -0.1) is 0 Å². The second-order valence-electron chi connectivity index (χ2n) is 4.45. The van der Waals surface area contributed by atoms with Gasteiger partial charge in [0.25, 0.3) is 0 Å². The summed E-state index contributed by atoms with van der Waals surface area (Å²) in [7, 11) is 1.68. The van der Waals surface area contributed by atoms with Crippen molar-refractivity contribution in [1.29, 1.82) is 0 Å². The van der Waals surface area contributed by atoms with E-state index in [1.54, 1.807) is 13.3 Å². The zero-order chi connectivity index (χ0) is 13.0. The van der Waals surface area contributed by atoms with Gasteiger partial charge in [0.15, 0.2) is 0 Å². The van der Waals surface area contributed by atoms with Crippen LogP contribution in [-0.2, 0) is 0 Å². The van der Waals surface area contributed by atoms with E-state index in [1.807, 2.05) is 30.5 Å². The van der Waals surface area contributed by atoms with Gasteiger partial charge in [0.1, 0.15) is 5.75 Å². The van der Waals surface area contributed by atoms with E-state index in [1.165, 1.54) is 0 Å². The van der Waals surface area contributed by atoms with Crippen molar-refractivity contribution in [2.75, 3.05) is 12.4 Å². The van der Waals surface area contributed by atoms with E-state index < -0.39 is 0 Å². The summed E-state index contributed by atoms with van der Waals surface area (Å²) in [5, 5.41) is 3.41. The minimum Gasteiger partial charge on any atom is -0.497 e. The Bertz CT molecular complexity index is 523. The van der Waals surface area contributed by atoms with Crippen molar-refractivity contribution < 1.29 is 4.74 Å². The number of hydrogen-bond donors (Lipinski definition) is 1. The molecule has 94 valence electrons. The van der Waals surface area contributed by atoms with Gasteiger partial charge in [-0.05, 0) is 37.6 Å². The SMILES string of the molecule is COc1cccc(-c2ccncc2NC(C)C)c1. The topological polar surface area (TPSA) is 34.1 Å². The van der Waals surface area contributed by atoms with Crippen LogP contribution in [0.15, 0.2) is 42.7 Å². The normalized spacial score (nSPS) is 10.4. The molecule has 0 saturated heterocycles. The van der Waals surface area contributed by atoms with E-state index in [-0.39, 0.29) is 0 Å². The Morgan fingerprint density at radius 3 is 2.78 bits per heavy atom. The molecule has 0 fully saturated rings. The van der Waals surface area contributed by atoms with Gasteiger partial charge in [-0.1, -0.05) is 12.1 Å². The highest BCUT2D eigenvalue weighted by Crippen LogP contribution is 2.29. The molecule has 2 aromatic rings. The fraction of sp³-hybridized carbons (Fsp3) is 0.267. The molecule has 1 N–H and O–H groups in total. The van der Waals surface area contributed by atoms with Crippen molar-refractivity contribution >= 4 is 5.69 Å². The Kier molecular flexibility index (Phi) is 3.82. The van der Waals surface area contributed by atoms with Gasteiger partial charge in [0.2, 0.25) is 0 Å². The molecule has 1 heterocycles. The number of nitrogens with zero attached hydrogens (tertiary/aromatic N) is 1. The number of pyridine rings is 1. The lowest BCUT2D eigenvalue weighted by atomic mass is 10.0. The number of methoxy groups -OCH3 is 1. The molecule has 18 heavy (non-hydrogen) atoms. The monoisotopic (exact) mass is 242 g/mol. The van der Waals surface area contributed by atoms with Gasteiger partial charge in [-0.2, -0.15) is 0 Å². The van der Waals surface area contributed by atoms with Crippen molar-refractivity contribution in [3.63, 3.8) is 0 Å². The highest BCUT2D eigenvalue weighted by atomic mass is 16.5. The molecule has 0 spiro atoms. The largest absolute Gasteiger partial charge is 0.497 e. The number of rotatable bonds is 4. The van der Waals surface area contributed by atoms with Crippen molar-refractivity contribution in [2.24, 2.45) is 0 Å². The maximum absolute atomic E-state index is 5.26. The number of ether oxygens (including phenoxy) is 1. The van der Waals surface area contributed by atoms with Crippen LogP contribution in [0.4, 0.5) is 5.69 Å². The van der Waals surface area contributed by atoms with Crippen molar-refractivity contribution in [2.45, 2.75) is 19.9 Å². The lowest BCUT2D eigenvalue weighted by Crippen LogP contribution is -2.10. The van der Waals surface area contributed by atoms with E-state index in [0.717, 1.165) is 22.6 Å². The van der Waals surface area contributed by atoms with E-state index in [4.69, 9.17) is 4.74 Å². The number of hydrogen-bond acceptors (Lipinski definition) is 3. The zero-order valence-corrected chi connectivity index (χ0v) is 11.0. The highest BCUT2D eigenvalue weighted by molar-refractivity contribution is 5.77. The standard InChI is InChI=1S/C15H18N2O/c1-11(2)17-15-10-16-8-7-14(15)12-5-4-6-13(9-12)18-3/h4-11,17H,1-3H3. The van der Waals surface area contributed by atoms with Gasteiger partial charge < -0.3 is 10.1 Å². The summed E-state index contributed by atoms with van der Waals surface area (Å²) in [6.45, 7) is 4.23. The third-order valence-corrected chi connectivity index (χ3v) is 2.65. The second kappa shape index (κ2) is 5.54. The molecule has 0 bridgehead atoms. The maximum atomic E-state index is 5.26. The van der Waals surface area contributed by atoms with E-state index in [2.05, 4.69) is 30.2 Å². The molecule has 0 aliphatic carbocycles. The van der Waals surface area contributed by atoms with Gasteiger partial charge in [-0.25, -0.2) is 0 Å². The summed E-state index contributed by atoms with van der Waals surface area (Å²) >= 11 is 0. The molecule has 3 nitrogen and oxygen atoms in total. The molecular formula is C15H18N2O. The van der Waals surface area contributed by atoms with Gasteiger partial charge in [0, 0.05) is 17.8 Å². The molecule has 1 aromatic heterocycles. The molecule has 0 atom stereocenters. The predicted octanol–water partition coefficient (Wildman–Crippen LogP) is 3.58. The Hall–Kier alpha value is -2.03. The van der Waals surface area contributed by atoms with E-state index in [9.17, 15) is 0 Å². The molecule has 0 radical (unpaired) electrons. The Labute approximate surface area is 108 Å². The maximum Gasteiger partial charge on any atom is 0.119 e. The third-order valence-electron chi connectivity index (χ3n) is 2.65. The predicted molar refractivity (Wildman–Crippen MR) is 75.0 cm³/mol. The lowest BCUT2D eigenvalue weighted by molar-refractivity contribution is 0.415. The van der Waals surface area contributed by atoms with Crippen LogP contribution >= 0.6 is 0 Å². The molecule has 3 heteroatoms. The smallest absolute Gasteiger partial charge is 0.119 e. The van der Waals surface area contributed by atoms with Crippen molar-refractivity contribution in [1.82, 2.24) is 4.98 Å². The Morgan fingerprint density at radius 2 is 2.06 bits per heavy atom. The van der Waals surface area contributed by atoms with Crippen LogP contribution in [0, 0.1) is 0 Å². The lowest BCUT2D eigenvalue weighted by Gasteiger charge is -2.14. The Balaban J connectivity index is 2.42. The third kappa shape index (κ3) is 2.80. The van der Waals surface area contributed by atoms with Crippen LogP contribution in [0.25, 0.3) is 11.1 Å². The molecule has 0 aliphatic rings.